The van der Waals surface area contributed by atoms with Crippen molar-refractivity contribution in [2.75, 3.05) is 32.8 Å². The Morgan fingerprint density at radius 2 is 1.25 bits per heavy atom. The van der Waals surface area contributed by atoms with Gasteiger partial charge in [0.05, 0.1) is 0 Å². The van der Waals surface area contributed by atoms with Crippen molar-refractivity contribution >= 4 is 27.8 Å². The van der Waals surface area contributed by atoms with Crippen LogP contribution in [0.2, 0.25) is 36.3 Å². The maximum absolute atomic E-state index is 6.98. The highest BCUT2D eigenvalue weighted by Crippen LogP contribution is 2.53. The summed E-state index contributed by atoms with van der Waals surface area (Å²) in [5.74, 6) is 4.26. The zero-order valence-corrected chi connectivity index (χ0v) is 32.8. The Balaban J connectivity index is 1.34. The first-order valence-electron chi connectivity index (χ1n) is 17.7. The molecule has 3 aliphatic rings. The second-order valence-electron chi connectivity index (χ2n) is 16.7. The first-order chi connectivity index (χ1) is 22.5. The molecule has 3 heterocycles. The quantitative estimate of drug-likeness (QED) is 0.209. The van der Waals surface area contributed by atoms with Gasteiger partial charge in [0.2, 0.25) is 16.6 Å². The molecule has 6 rings (SSSR count). The van der Waals surface area contributed by atoms with Crippen molar-refractivity contribution < 1.29 is 23.1 Å². The Kier molecular flexibility index (Phi) is 9.32. The van der Waals surface area contributed by atoms with Crippen LogP contribution < -0.4 is 23.1 Å². The molecule has 0 saturated carbocycles. The number of ether oxygens (including phenoxy) is 3. The second-order valence-corrected chi connectivity index (χ2v) is 26.1. The predicted octanol–water partition coefficient (Wildman–Crippen LogP) is 10.4. The highest BCUT2D eigenvalue weighted by Gasteiger charge is 2.41. The molecular weight excluding hydrogens is 631 g/mol. The fourth-order valence-electron chi connectivity index (χ4n) is 6.09. The first-order valence-corrected chi connectivity index (χ1v) is 23.5. The molecule has 1 fully saturated rings. The minimum atomic E-state index is -2.03. The van der Waals surface area contributed by atoms with E-state index in [-0.39, 0.29) is 16.2 Å². The number of hydrogen-bond acceptors (Lipinski definition) is 6. The molecule has 48 heavy (non-hydrogen) atoms. The summed E-state index contributed by atoms with van der Waals surface area (Å²) in [6.45, 7) is 27.2. The largest absolute Gasteiger partial charge is 0.543 e. The minimum Gasteiger partial charge on any atom is -0.543 e. The summed E-state index contributed by atoms with van der Waals surface area (Å²) in [4.78, 5) is 2.48. The number of hydrogen-bond donors (Lipinski definition) is 0. The van der Waals surface area contributed by atoms with Gasteiger partial charge in [-0.1, -0.05) is 53.7 Å². The molecule has 1 atom stereocenters. The highest BCUT2D eigenvalue weighted by atomic mass is 28.4. The molecule has 6 nitrogen and oxygen atoms in total. The van der Waals surface area contributed by atoms with E-state index in [9.17, 15) is 0 Å². The Hall–Kier alpha value is -3.21. The second kappa shape index (κ2) is 12.9. The maximum atomic E-state index is 6.98. The van der Waals surface area contributed by atoms with Crippen molar-refractivity contribution in [2.24, 2.45) is 0 Å². The third-order valence-electron chi connectivity index (χ3n) is 11.1. The molecule has 1 unspecified atom stereocenters. The summed E-state index contributed by atoms with van der Waals surface area (Å²) in [6, 6.07) is 21.1. The standard InChI is InChI=1S/C40H55NO5Si2/c1-39(2,3)47(7,8)45-30-18-20-33-35(25-30)43-27-34-32-19-17-31(46-48(9,10)40(4,5)6)26-36(32)44-38(37(33)34)28-13-15-29(16-14-28)42-24-23-41-21-11-12-22-41/h13-20,25-26,38H,11-12,21-24,27H2,1-10H3. The Bertz CT molecular complexity index is 1660. The van der Waals surface area contributed by atoms with E-state index in [0.717, 1.165) is 63.1 Å². The third-order valence-corrected chi connectivity index (χ3v) is 19.9. The lowest BCUT2D eigenvalue weighted by Gasteiger charge is -2.38. The number of fused-ring (bicyclic) bond motifs is 4. The van der Waals surface area contributed by atoms with Crippen molar-refractivity contribution in [3.05, 3.63) is 77.4 Å². The minimum absolute atomic E-state index is 0.0916. The number of rotatable bonds is 9. The Morgan fingerprint density at radius 1 is 0.708 bits per heavy atom. The summed E-state index contributed by atoms with van der Waals surface area (Å²) in [5, 5.41) is 0.192. The Morgan fingerprint density at radius 3 is 1.83 bits per heavy atom. The maximum Gasteiger partial charge on any atom is 0.250 e. The van der Waals surface area contributed by atoms with Crippen molar-refractivity contribution in [2.45, 2.75) is 96.8 Å². The highest BCUT2D eigenvalue weighted by molar-refractivity contribution is 6.75. The molecule has 0 aromatic heterocycles. The molecule has 0 amide bonds. The third kappa shape index (κ3) is 7.07. The number of benzene rings is 3. The van der Waals surface area contributed by atoms with E-state index in [1.54, 1.807) is 0 Å². The fourth-order valence-corrected chi connectivity index (χ4v) is 8.13. The molecule has 0 bridgehead atoms. The number of nitrogens with zero attached hydrogens (tertiary/aromatic N) is 1. The fraction of sp³-hybridized carbons (Fsp3) is 0.500. The summed E-state index contributed by atoms with van der Waals surface area (Å²) < 4.78 is 33.0. The van der Waals surface area contributed by atoms with E-state index in [4.69, 9.17) is 23.1 Å². The van der Waals surface area contributed by atoms with Crippen LogP contribution in [0.1, 0.15) is 77.2 Å². The van der Waals surface area contributed by atoms with Crippen molar-refractivity contribution in [3.8, 4) is 28.7 Å². The van der Waals surface area contributed by atoms with Gasteiger partial charge in [-0.25, -0.2) is 0 Å². The van der Waals surface area contributed by atoms with Crippen LogP contribution in [-0.2, 0) is 0 Å². The topological polar surface area (TPSA) is 49.4 Å². The SMILES string of the molecule is CC(C)(C)[Si](C)(C)Oc1ccc2c(c1)OC(c1ccc(OCCN3CCCC3)cc1)C1=C2COc2cc(O[Si](C)(C)C(C)(C)C)ccc21. The molecule has 8 heteroatoms. The zero-order chi connectivity index (χ0) is 34.5. The van der Waals surface area contributed by atoms with E-state index in [1.165, 1.54) is 25.9 Å². The molecule has 1 saturated heterocycles. The first kappa shape index (κ1) is 34.6. The number of likely N-dealkylation sites (tertiary alicyclic amines) is 1. The lowest BCUT2D eigenvalue weighted by Crippen LogP contribution is -2.43. The van der Waals surface area contributed by atoms with Gasteiger partial charge in [0, 0.05) is 41.0 Å². The van der Waals surface area contributed by atoms with Gasteiger partial charge < -0.3 is 23.1 Å². The van der Waals surface area contributed by atoms with Crippen molar-refractivity contribution in [1.29, 1.82) is 0 Å². The van der Waals surface area contributed by atoms with Crippen LogP contribution in [0.25, 0.3) is 11.1 Å². The van der Waals surface area contributed by atoms with E-state index in [1.807, 2.05) is 0 Å². The van der Waals surface area contributed by atoms with Gasteiger partial charge in [-0.3, -0.25) is 4.90 Å². The molecule has 3 aromatic rings. The van der Waals surface area contributed by atoms with Gasteiger partial charge >= 0.3 is 0 Å². The van der Waals surface area contributed by atoms with Crippen LogP contribution in [0.3, 0.4) is 0 Å². The van der Waals surface area contributed by atoms with Gasteiger partial charge in [-0.15, -0.1) is 0 Å². The van der Waals surface area contributed by atoms with Crippen LogP contribution >= 0.6 is 0 Å². The van der Waals surface area contributed by atoms with E-state index < -0.39 is 16.6 Å². The molecule has 3 aromatic carbocycles. The van der Waals surface area contributed by atoms with Gasteiger partial charge in [0.1, 0.15) is 42.0 Å². The van der Waals surface area contributed by atoms with Crippen molar-refractivity contribution in [3.63, 3.8) is 0 Å². The van der Waals surface area contributed by atoms with Crippen LogP contribution in [0.15, 0.2) is 60.7 Å². The van der Waals surface area contributed by atoms with Crippen LogP contribution in [0.4, 0.5) is 0 Å². The average molecular weight is 686 g/mol. The molecule has 0 spiro atoms. The summed E-state index contributed by atoms with van der Waals surface area (Å²) in [7, 11) is -4.05. The molecular formula is C40H55NO5Si2. The Labute approximate surface area is 290 Å². The zero-order valence-electron chi connectivity index (χ0n) is 30.8. The van der Waals surface area contributed by atoms with Gasteiger partial charge in [-0.05, 0) is 104 Å². The summed E-state index contributed by atoms with van der Waals surface area (Å²) >= 11 is 0. The molecule has 0 N–H and O–H groups in total. The lowest BCUT2D eigenvalue weighted by molar-refractivity contribution is 0.237. The average Bonchev–Trinajstić information content (AvgIpc) is 3.53. The summed E-state index contributed by atoms with van der Waals surface area (Å²) in [5.41, 5.74) is 5.46. The summed E-state index contributed by atoms with van der Waals surface area (Å²) in [6.07, 6.45) is 2.27. The molecule has 3 aliphatic heterocycles. The van der Waals surface area contributed by atoms with Gasteiger partial charge in [0.15, 0.2) is 6.10 Å². The molecule has 258 valence electrons. The van der Waals surface area contributed by atoms with Gasteiger partial charge in [-0.2, -0.15) is 0 Å². The lowest BCUT2D eigenvalue weighted by atomic mass is 9.84. The van der Waals surface area contributed by atoms with E-state index >= 15 is 0 Å². The molecule has 0 radical (unpaired) electrons. The van der Waals surface area contributed by atoms with E-state index in [0.29, 0.717) is 13.2 Å². The van der Waals surface area contributed by atoms with Crippen LogP contribution in [-0.4, -0.2) is 54.4 Å². The van der Waals surface area contributed by atoms with E-state index in [2.05, 4.69) is 133 Å². The van der Waals surface area contributed by atoms with Gasteiger partial charge in [0.25, 0.3) is 0 Å². The normalized spacial score (nSPS) is 18.3. The van der Waals surface area contributed by atoms with Crippen LogP contribution in [0.5, 0.6) is 28.7 Å². The molecule has 0 aliphatic carbocycles. The van der Waals surface area contributed by atoms with Crippen LogP contribution in [0, 0.1) is 0 Å². The smallest absolute Gasteiger partial charge is 0.250 e. The predicted molar refractivity (Wildman–Crippen MR) is 202 cm³/mol. The monoisotopic (exact) mass is 685 g/mol. The van der Waals surface area contributed by atoms with Crippen molar-refractivity contribution in [1.82, 2.24) is 4.90 Å².